The Morgan fingerprint density at radius 1 is 0.926 bits per heavy atom. The number of carbonyl (C=O) groups excluding carboxylic acids is 3. The van der Waals surface area contributed by atoms with Crippen molar-refractivity contribution in [2.24, 2.45) is 0 Å². The zero-order chi connectivity index (χ0) is 19.6. The van der Waals surface area contributed by atoms with Crippen LogP contribution in [0.4, 0.5) is 5.69 Å². The van der Waals surface area contributed by atoms with Gasteiger partial charge in [0.1, 0.15) is 5.75 Å². The normalized spacial score (nSPS) is 10.0. The monoisotopic (exact) mass is 370 g/mol. The molecule has 7 heteroatoms. The molecular weight excluding hydrogens is 348 g/mol. The van der Waals surface area contributed by atoms with Gasteiger partial charge in [0.2, 0.25) is 5.91 Å². The first-order valence-electron chi connectivity index (χ1n) is 8.62. The van der Waals surface area contributed by atoms with E-state index in [1.54, 1.807) is 56.3 Å². The maximum Gasteiger partial charge on any atom is 0.338 e. The Morgan fingerprint density at radius 2 is 1.67 bits per heavy atom. The zero-order valence-corrected chi connectivity index (χ0v) is 15.3. The van der Waals surface area contributed by atoms with E-state index in [0.717, 1.165) is 0 Å². The number of nitrogens with one attached hydrogen (secondary N) is 2. The Morgan fingerprint density at radius 3 is 2.33 bits per heavy atom. The summed E-state index contributed by atoms with van der Waals surface area (Å²) in [6.45, 7) is 3.95. The number of hydrogen-bond acceptors (Lipinski definition) is 5. The van der Waals surface area contributed by atoms with E-state index in [1.165, 1.54) is 6.07 Å². The van der Waals surface area contributed by atoms with Crippen molar-refractivity contribution in [3.8, 4) is 5.75 Å². The van der Waals surface area contributed by atoms with Gasteiger partial charge in [-0.3, -0.25) is 9.59 Å². The van der Waals surface area contributed by atoms with Gasteiger partial charge in [-0.2, -0.15) is 0 Å². The van der Waals surface area contributed by atoms with Crippen LogP contribution in [0.2, 0.25) is 0 Å². The van der Waals surface area contributed by atoms with Crippen LogP contribution < -0.4 is 15.4 Å². The highest BCUT2D eigenvalue weighted by Gasteiger charge is 2.14. The fraction of sp³-hybridized carbons (Fsp3) is 0.250. The lowest BCUT2D eigenvalue weighted by Gasteiger charge is -2.13. The van der Waals surface area contributed by atoms with Gasteiger partial charge in [0.15, 0.2) is 0 Å². The minimum atomic E-state index is -0.466. The number of hydrogen-bond donors (Lipinski definition) is 2. The molecule has 0 aliphatic rings. The van der Waals surface area contributed by atoms with Crippen molar-refractivity contribution >= 4 is 23.5 Å². The van der Waals surface area contributed by atoms with Gasteiger partial charge in [0.05, 0.1) is 31.0 Å². The van der Waals surface area contributed by atoms with E-state index in [2.05, 4.69) is 10.6 Å². The standard InChI is InChI=1S/C20H22N2O5/c1-3-26-17-12-15(20(25)27-4-2)10-11-16(17)22-18(23)13-21-19(24)14-8-6-5-7-9-14/h5-12H,3-4,13H2,1-2H3,(H,21,24)(H,22,23). The third-order valence-electron chi connectivity index (χ3n) is 3.51. The molecule has 2 rings (SSSR count). The van der Waals surface area contributed by atoms with Crippen LogP contribution in [0.25, 0.3) is 0 Å². The predicted molar refractivity (Wildman–Crippen MR) is 101 cm³/mol. The van der Waals surface area contributed by atoms with Gasteiger partial charge in [0.25, 0.3) is 5.91 Å². The summed E-state index contributed by atoms with van der Waals surface area (Å²) in [6, 6.07) is 13.2. The second kappa shape index (κ2) is 9.96. The van der Waals surface area contributed by atoms with Gasteiger partial charge < -0.3 is 20.1 Å². The molecule has 0 heterocycles. The van der Waals surface area contributed by atoms with Crippen LogP contribution in [0.5, 0.6) is 5.75 Å². The lowest BCUT2D eigenvalue weighted by Crippen LogP contribution is -2.32. The summed E-state index contributed by atoms with van der Waals surface area (Å²) in [7, 11) is 0. The van der Waals surface area contributed by atoms with Gasteiger partial charge in [-0.15, -0.1) is 0 Å². The van der Waals surface area contributed by atoms with Crippen molar-refractivity contribution < 1.29 is 23.9 Å². The topological polar surface area (TPSA) is 93.7 Å². The maximum atomic E-state index is 12.2. The quantitative estimate of drug-likeness (QED) is 0.697. The molecule has 0 bridgehead atoms. The molecule has 0 fully saturated rings. The van der Waals surface area contributed by atoms with Crippen LogP contribution in [0.15, 0.2) is 48.5 Å². The fourth-order valence-corrected chi connectivity index (χ4v) is 2.29. The summed E-state index contributed by atoms with van der Waals surface area (Å²) in [6.07, 6.45) is 0. The highest BCUT2D eigenvalue weighted by Crippen LogP contribution is 2.26. The Labute approximate surface area is 157 Å². The second-order valence-corrected chi connectivity index (χ2v) is 5.46. The summed E-state index contributed by atoms with van der Waals surface area (Å²) in [4.78, 5) is 36.0. The maximum absolute atomic E-state index is 12.2. The first kappa shape index (κ1) is 20.0. The number of carbonyl (C=O) groups is 3. The first-order valence-corrected chi connectivity index (χ1v) is 8.62. The number of benzene rings is 2. The van der Waals surface area contributed by atoms with Gasteiger partial charge >= 0.3 is 5.97 Å². The van der Waals surface area contributed by atoms with E-state index in [1.807, 2.05) is 0 Å². The number of rotatable bonds is 8. The molecule has 0 aromatic heterocycles. The van der Waals surface area contributed by atoms with Crippen LogP contribution >= 0.6 is 0 Å². The second-order valence-electron chi connectivity index (χ2n) is 5.46. The van der Waals surface area contributed by atoms with E-state index in [4.69, 9.17) is 9.47 Å². The van der Waals surface area contributed by atoms with Gasteiger partial charge in [0, 0.05) is 5.56 Å². The lowest BCUT2D eigenvalue weighted by molar-refractivity contribution is -0.115. The number of esters is 1. The number of ether oxygens (including phenoxy) is 2. The smallest absolute Gasteiger partial charge is 0.338 e. The summed E-state index contributed by atoms with van der Waals surface area (Å²) in [5.41, 5.74) is 1.21. The van der Waals surface area contributed by atoms with Crippen molar-refractivity contribution in [3.05, 3.63) is 59.7 Å². The molecule has 2 amide bonds. The van der Waals surface area contributed by atoms with Crippen molar-refractivity contribution in [1.29, 1.82) is 0 Å². The van der Waals surface area contributed by atoms with E-state index in [0.29, 0.717) is 29.2 Å². The highest BCUT2D eigenvalue weighted by molar-refractivity contribution is 6.00. The fourth-order valence-electron chi connectivity index (χ4n) is 2.29. The van der Waals surface area contributed by atoms with Crippen LogP contribution in [0.3, 0.4) is 0 Å². The zero-order valence-electron chi connectivity index (χ0n) is 15.3. The summed E-state index contributed by atoms with van der Waals surface area (Å²) >= 11 is 0. The molecule has 0 spiro atoms. The number of amides is 2. The van der Waals surface area contributed by atoms with Gasteiger partial charge in [-0.25, -0.2) is 4.79 Å². The summed E-state index contributed by atoms with van der Waals surface area (Å²) < 4.78 is 10.5. The minimum absolute atomic E-state index is 0.196. The SMILES string of the molecule is CCOC(=O)c1ccc(NC(=O)CNC(=O)c2ccccc2)c(OCC)c1. The van der Waals surface area contributed by atoms with E-state index < -0.39 is 11.9 Å². The van der Waals surface area contributed by atoms with E-state index >= 15 is 0 Å². The van der Waals surface area contributed by atoms with Crippen molar-refractivity contribution in [2.45, 2.75) is 13.8 Å². The Bertz CT molecular complexity index is 805. The largest absolute Gasteiger partial charge is 0.492 e. The lowest BCUT2D eigenvalue weighted by atomic mass is 10.2. The molecule has 27 heavy (non-hydrogen) atoms. The average Bonchev–Trinajstić information content (AvgIpc) is 2.68. The minimum Gasteiger partial charge on any atom is -0.492 e. The molecule has 142 valence electrons. The molecule has 2 aromatic carbocycles. The van der Waals surface area contributed by atoms with E-state index in [9.17, 15) is 14.4 Å². The third-order valence-corrected chi connectivity index (χ3v) is 3.51. The molecule has 0 saturated heterocycles. The molecule has 0 unspecified atom stereocenters. The molecular formula is C20H22N2O5. The summed E-state index contributed by atoms with van der Waals surface area (Å²) in [5, 5.41) is 5.22. The predicted octanol–water partition coefficient (Wildman–Crippen LogP) is 2.63. The molecule has 0 radical (unpaired) electrons. The van der Waals surface area contributed by atoms with Gasteiger partial charge in [-0.05, 0) is 44.2 Å². The molecule has 7 nitrogen and oxygen atoms in total. The van der Waals surface area contributed by atoms with Crippen LogP contribution in [-0.4, -0.2) is 37.5 Å². The Hall–Kier alpha value is -3.35. The Kier molecular flexibility index (Phi) is 7.37. The molecule has 2 N–H and O–H groups in total. The van der Waals surface area contributed by atoms with Crippen molar-refractivity contribution in [2.75, 3.05) is 25.1 Å². The van der Waals surface area contributed by atoms with Crippen molar-refractivity contribution in [1.82, 2.24) is 5.32 Å². The molecule has 0 aliphatic carbocycles. The van der Waals surface area contributed by atoms with Crippen LogP contribution in [-0.2, 0) is 9.53 Å². The molecule has 0 aliphatic heterocycles. The average molecular weight is 370 g/mol. The molecule has 0 atom stereocenters. The van der Waals surface area contributed by atoms with Gasteiger partial charge in [-0.1, -0.05) is 18.2 Å². The van der Waals surface area contributed by atoms with E-state index in [-0.39, 0.29) is 19.1 Å². The summed E-state index contributed by atoms with van der Waals surface area (Å²) in [5.74, 6) is -0.866. The van der Waals surface area contributed by atoms with Crippen LogP contribution in [0, 0.1) is 0 Å². The highest BCUT2D eigenvalue weighted by atomic mass is 16.5. The van der Waals surface area contributed by atoms with Crippen molar-refractivity contribution in [3.63, 3.8) is 0 Å². The molecule has 0 saturated carbocycles. The first-order chi connectivity index (χ1) is 13.0. The Balaban J connectivity index is 2.01. The number of anilines is 1. The third kappa shape index (κ3) is 5.85. The molecule has 2 aromatic rings. The van der Waals surface area contributed by atoms with Crippen LogP contribution in [0.1, 0.15) is 34.6 Å².